The van der Waals surface area contributed by atoms with Gasteiger partial charge in [-0.15, -0.1) is 0 Å². The molecule has 6 heteroatoms. The van der Waals surface area contributed by atoms with Gasteiger partial charge in [-0.05, 0) is 79.7 Å². The zero-order chi connectivity index (χ0) is 22.6. The molecule has 1 saturated carbocycles. The maximum absolute atomic E-state index is 5.49. The molecule has 3 fully saturated rings. The summed E-state index contributed by atoms with van der Waals surface area (Å²) in [6.45, 7) is 22.8. The van der Waals surface area contributed by atoms with Gasteiger partial charge < -0.3 is 30.2 Å². The number of hydrogen-bond acceptors (Lipinski definition) is 6. The second kappa shape index (κ2) is 14.0. The van der Waals surface area contributed by atoms with Crippen LogP contribution in [0, 0.1) is 5.92 Å². The summed E-state index contributed by atoms with van der Waals surface area (Å²) in [6.07, 6.45) is 5.81. The molecule has 0 aromatic rings. The van der Waals surface area contributed by atoms with Crippen LogP contribution in [-0.2, 0) is 14.2 Å². The molecular weight excluding hydrogens is 378 g/mol. The third kappa shape index (κ3) is 17.4. The first kappa shape index (κ1) is 27.8. The average molecular weight is 430 g/mol. The second-order valence-electron chi connectivity index (χ2n) is 11.1. The van der Waals surface area contributed by atoms with E-state index in [2.05, 4.69) is 71.3 Å². The van der Waals surface area contributed by atoms with Crippen LogP contribution in [-0.4, -0.2) is 69.0 Å². The van der Waals surface area contributed by atoms with Gasteiger partial charge in [0.05, 0.1) is 19.3 Å². The molecule has 3 rings (SSSR count). The Kier molecular flexibility index (Phi) is 13.0. The standard InChI is InChI=1S/C9H19NO.C8H17NO2.C7H15N/c1-9(2,3)10-7-8-5-4-6-11-8;1-8(2,3)9-6-7-10-4-5-11-7;1-6(2)8-5-7-3-4-7/h8,10H,4-7H2,1-3H3;7,9H,4-6H2,1-3H3;6-8H,3-5H2,1-2H3/t8-;;/m1../s1. The number of nitrogens with one attached hydrogen (secondary N) is 3. The molecule has 0 unspecified atom stereocenters. The van der Waals surface area contributed by atoms with E-state index in [-0.39, 0.29) is 17.4 Å². The molecular formula is C24H51N3O3. The zero-order valence-electron chi connectivity index (χ0n) is 21.1. The van der Waals surface area contributed by atoms with Crippen molar-refractivity contribution >= 4 is 0 Å². The largest absolute Gasteiger partial charge is 0.377 e. The van der Waals surface area contributed by atoms with E-state index in [1.54, 1.807) is 0 Å². The predicted octanol–water partition coefficient (Wildman–Crippen LogP) is 3.70. The van der Waals surface area contributed by atoms with Crippen molar-refractivity contribution in [2.45, 2.75) is 111 Å². The first-order valence-corrected chi connectivity index (χ1v) is 12.0. The van der Waals surface area contributed by atoms with Gasteiger partial charge in [-0.3, -0.25) is 0 Å². The highest BCUT2D eigenvalue weighted by atomic mass is 16.7. The summed E-state index contributed by atoms with van der Waals surface area (Å²) in [5, 5.41) is 10.2. The second-order valence-corrected chi connectivity index (χ2v) is 11.1. The lowest BCUT2D eigenvalue weighted by atomic mass is 10.1. The minimum Gasteiger partial charge on any atom is -0.377 e. The fourth-order valence-corrected chi connectivity index (χ4v) is 2.86. The highest BCUT2D eigenvalue weighted by molar-refractivity contribution is 4.76. The Labute approximate surface area is 186 Å². The summed E-state index contributed by atoms with van der Waals surface area (Å²) in [6, 6.07) is 0.676. The summed E-state index contributed by atoms with van der Waals surface area (Å²) >= 11 is 0. The van der Waals surface area contributed by atoms with Gasteiger partial charge in [0.1, 0.15) is 0 Å². The molecule has 2 aliphatic heterocycles. The molecule has 0 aromatic carbocycles. The fraction of sp³-hybridized carbons (Fsp3) is 1.00. The summed E-state index contributed by atoms with van der Waals surface area (Å²) in [5.41, 5.74) is 0.376. The first-order valence-electron chi connectivity index (χ1n) is 12.0. The van der Waals surface area contributed by atoms with E-state index in [0.29, 0.717) is 12.1 Å². The van der Waals surface area contributed by atoms with Gasteiger partial charge in [-0.2, -0.15) is 0 Å². The van der Waals surface area contributed by atoms with Crippen LogP contribution < -0.4 is 16.0 Å². The van der Waals surface area contributed by atoms with Crippen molar-refractivity contribution in [3.63, 3.8) is 0 Å². The molecule has 30 heavy (non-hydrogen) atoms. The summed E-state index contributed by atoms with van der Waals surface area (Å²) in [7, 11) is 0. The summed E-state index contributed by atoms with van der Waals surface area (Å²) in [4.78, 5) is 0. The van der Waals surface area contributed by atoms with Crippen LogP contribution in [0.1, 0.15) is 81.1 Å². The Bertz CT molecular complexity index is 384. The van der Waals surface area contributed by atoms with Gasteiger partial charge in [0.15, 0.2) is 6.29 Å². The highest BCUT2D eigenvalue weighted by Crippen LogP contribution is 2.27. The molecule has 1 aliphatic carbocycles. The van der Waals surface area contributed by atoms with Crippen molar-refractivity contribution in [2.24, 2.45) is 5.92 Å². The van der Waals surface area contributed by atoms with Crippen molar-refractivity contribution in [1.82, 2.24) is 16.0 Å². The number of hydrogen-bond donors (Lipinski definition) is 3. The molecule has 2 saturated heterocycles. The zero-order valence-corrected chi connectivity index (χ0v) is 21.1. The Balaban J connectivity index is 0.000000228. The van der Waals surface area contributed by atoms with Crippen LogP contribution in [0.3, 0.4) is 0 Å². The smallest absolute Gasteiger partial charge is 0.170 e. The van der Waals surface area contributed by atoms with Gasteiger partial charge in [-0.25, -0.2) is 0 Å². The third-order valence-electron chi connectivity index (χ3n) is 4.89. The fourth-order valence-electron chi connectivity index (χ4n) is 2.86. The lowest BCUT2D eigenvalue weighted by molar-refractivity contribution is -0.0423. The van der Waals surface area contributed by atoms with Gasteiger partial charge in [0.2, 0.25) is 0 Å². The number of ether oxygens (including phenoxy) is 3. The van der Waals surface area contributed by atoms with E-state index < -0.39 is 0 Å². The monoisotopic (exact) mass is 429 g/mol. The van der Waals surface area contributed by atoms with E-state index in [0.717, 1.165) is 38.8 Å². The van der Waals surface area contributed by atoms with Crippen molar-refractivity contribution in [3.05, 3.63) is 0 Å². The van der Waals surface area contributed by atoms with Crippen molar-refractivity contribution in [2.75, 3.05) is 39.5 Å². The van der Waals surface area contributed by atoms with E-state index in [9.17, 15) is 0 Å². The van der Waals surface area contributed by atoms with Crippen LogP contribution in [0.15, 0.2) is 0 Å². The van der Waals surface area contributed by atoms with Gasteiger partial charge >= 0.3 is 0 Å². The quantitative estimate of drug-likeness (QED) is 0.574. The van der Waals surface area contributed by atoms with Crippen LogP contribution in [0.25, 0.3) is 0 Å². The topological polar surface area (TPSA) is 63.8 Å². The molecule has 6 nitrogen and oxygen atoms in total. The summed E-state index contributed by atoms with van der Waals surface area (Å²) < 4.78 is 16.0. The number of rotatable bonds is 7. The maximum atomic E-state index is 5.49. The van der Waals surface area contributed by atoms with Gasteiger partial charge in [0.25, 0.3) is 0 Å². The highest BCUT2D eigenvalue weighted by Gasteiger charge is 2.20. The molecule has 0 spiro atoms. The molecule has 2 heterocycles. The molecule has 3 aliphatic rings. The van der Waals surface area contributed by atoms with E-state index >= 15 is 0 Å². The Morgan fingerprint density at radius 1 is 0.733 bits per heavy atom. The summed E-state index contributed by atoms with van der Waals surface area (Å²) in [5.74, 6) is 1.03. The minimum absolute atomic E-state index is 0.0331. The Morgan fingerprint density at radius 2 is 1.30 bits per heavy atom. The minimum atomic E-state index is -0.0331. The molecule has 0 aromatic heterocycles. The van der Waals surface area contributed by atoms with Crippen molar-refractivity contribution in [3.8, 4) is 0 Å². The SMILES string of the molecule is CC(C)(C)NCC1OCCO1.CC(C)(C)NC[C@H]1CCCO1.CC(C)NCC1CC1. The molecule has 1 atom stereocenters. The first-order chi connectivity index (χ1) is 13.9. The van der Waals surface area contributed by atoms with Gasteiger partial charge in [-0.1, -0.05) is 13.8 Å². The van der Waals surface area contributed by atoms with Crippen LogP contribution in [0.2, 0.25) is 0 Å². The van der Waals surface area contributed by atoms with E-state index in [4.69, 9.17) is 14.2 Å². The molecule has 0 bridgehead atoms. The van der Waals surface area contributed by atoms with E-state index in [1.807, 2.05) is 0 Å². The third-order valence-corrected chi connectivity index (χ3v) is 4.89. The maximum Gasteiger partial charge on any atom is 0.170 e. The lowest BCUT2D eigenvalue weighted by Gasteiger charge is -2.22. The van der Waals surface area contributed by atoms with E-state index in [1.165, 1.54) is 32.2 Å². The van der Waals surface area contributed by atoms with Crippen molar-refractivity contribution < 1.29 is 14.2 Å². The average Bonchev–Trinajstić information content (AvgIpc) is 3.09. The Hall–Kier alpha value is -0.240. The lowest BCUT2D eigenvalue weighted by Crippen LogP contribution is -2.41. The molecule has 0 amide bonds. The van der Waals surface area contributed by atoms with Gasteiger partial charge in [0, 0.05) is 36.8 Å². The molecule has 0 radical (unpaired) electrons. The Morgan fingerprint density at radius 3 is 1.73 bits per heavy atom. The van der Waals surface area contributed by atoms with Crippen LogP contribution in [0.5, 0.6) is 0 Å². The van der Waals surface area contributed by atoms with Crippen molar-refractivity contribution in [1.29, 1.82) is 0 Å². The van der Waals surface area contributed by atoms with Crippen LogP contribution in [0.4, 0.5) is 0 Å². The normalized spacial score (nSPS) is 22.5. The van der Waals surface area contributed by atoms with Crippen LogP contribution >= 0.6 is 0 Å². The predicted molar refractivity (Wildman–Crippen MR) is 126 cm³/mol. The molecule has 180 valence electrons. The molecule has 3 N–H and O–H groups in total.